The van der Waals surface area contributed by atoms with Gasteiger partial charge in [0, 0.05) is 17.2 Å². The predicted molar refractivity (Wildman–Crippen MR) is 98.2 cm³/mol. The molecule has 2 aliphatic rings. The van der Waals surface area contributed by atoms with Gasteiger partial charge in [0.25, 0.3) is 5.91 Å². The van der Waals surface area contributed by atoms with Crippen molar-refractivity contribution < 1.29 is 19.5 Å². The quantitative estimate of drug-likeness (QED) is 0.566. The largest absolute Gasteiger partial charge is 0.478 e. The molecule has 0 saturated carbocycles. The third-order valence-electron chi connectivity index (χ3n) is 4.53. The van der Waals surface area contributed by atoms with Crippen LogP contribution in [-0.2, 0) is 9.59 Å². The molecular weight excluding hydrogens is 352 g/mol. The van der Waals surface area contributed by atoms with Gasteiger partial charge in [0.15, 0.2) is 0 Å². The molecule has 0 fully saturated rings. The molecule has 0 aliphatic carbocycles. The highest BCUT2D eigenvalue weighted by molar-refractivity contribution is 8.04. The van der Waals surface area contributed by atoms with Crippen molar-refractivity contribution in [1.82, 2.24) is 5.32 Å². The van der Waals surface area contributed by atoms with Gasteiger partial charge in [-0.15, -0.1) is 0 Å². The van der Waals surface area contributed by atoms with Gasteiger partial charge in [-0.25, -0.2) is 4.79 Å². The predicted octanol–water partition coefficient (Wildman–Crippen LogP) is 2.02. The van der Waals surface area contributed by atoms with Crippen LogP contribution in [0.25, 0.3) is 10.8 Å². The summed E-state index contributed by atoms with van der Waals surface area (Å²) in [5.74, 6) is -2.72. The Morgan fingerprint density at radius 1 is 1.12 bits per heavy atom. The van der Waals surface area contributed by atoms with Gasteiger partial charge >= 0.3 is 5.97 Å². The van der Waals surface area contributed by atoms with E-state index in [1.807, 2.05) is 36.4 Å². The standard InChI is InChI=1S/C19H14N2O4S/c20-14-12-8-13(19(24)25)17(23)21-18(12)26-16(14)15(22)11-7-3-5-9-4-1-2-6-10(9)11/h1-8,12,18H,20H2,(H,21,23)(H,24,25). The number of ketones is 1. The maximum absolute atomic E-state index is 13.1. The lowest BCUT2D eigenvalue weighted by Gasteiger charge is -2.23. The lowest BCUT2D eigenvalue weighted by molar-refractivity contribution is -0.135. The van der Waals surface area contributed by atoms with Crippen LogP contribution in [0, 0.1) is 5.92 Å². The maximum atomic E-state index is 13.1. The van der Waals surface area contributed by atoms with Gasteiger partial charge in [0.05, 0.1) is 10.3 Å². The van der Waals surface area contributed by atoms with E-state index in [9.17, 15) is 14.4 Å². The first kappa shape index (κ1) is 16.4. The van der Waals surface area contributed by atoms with Gasteiger partial charge in [-0.05, 0) is 10.8 Å². The average Bonchev–Trinajstić information content (AvgIpc) is 2.95. The lowest BCUT2D eigenvalue weighted by Crippen LogP contribution is -2.43. The first-order valence-corrected chi connectivity index (χ1v) is 8.80. The van der Waals surface area contributed by atoms with Crippen molar-refractivity contribution in [3.63, 3.8) is 0 Å². The van der Waals surface area contributed by atoms with E-state index in [2.05, 4.69) is 5.32 Å². The van der Waals surface area contributed by atoms with Crippen molar-refractivity contribution in [2.75, 3.05) is 0 Å². The van der Waals surface area contributed by atoms with E-state index >= 15 is 0 Å². The van der Waals surface area contributed by atoms with Crippen molar-refractivity contribution in [2.45, 2.75) is 5.37 Å². The van der Waals surface area contributed by atoms with Crippen molar-refractivity contribution in [1.29, 1.82) is 0 Å². The molecule has 2 aliphatic heterocycles. The summed E-state index contributed by atoms with van der Waals surface area (Å²) < 4.78 is 0. The van der Waals surface area contributed by atoms with E-state index in [1.54, 1.807) is 6.07 Å². The lowest BCUT2D eigenvalue weighted by atomic mass is 9.95. The van der Waals surface area contributed by atoms with Gasteiger partial charge in [0.1, 0.15) is 5.57 Å². The molecule has 26 heavy (non-hydrogen) atoms. The summed E-state index contributed by atoms with van der Waals surface area (Å²) in [6.07, 6.45) is 1.33. The minimum Gasteiger partial charge on any atom is -0.478 e. The maximum Gasteiger partial charge on any atom is 0.341 e. The molecule has 7 heteroatoms. The molecule has 6 nitrogen and oxygen atoms in total. The van der Waals surface area contributed by atoms with Gasteiger partial charge in [-0.2, -0.15) is 0 Å². The molecule has 0 spiro atoms. The zero-order valence-electron chi connectivity index (χ0n) is 13.4. The van der Waals surface area contributed by atoms with Crippen molar-refractivity contribution in [3.8, 4) is 0 Å². The Bertz CT molecular complexity index is 1040. The minimum absolute atomic E-state index is 0.224. The van der Waals surface area contributed by atoms with Crippen LogP contribution >= 0.6 is 11.8 Å². The van der Waals surface area contributed by atoms with Crippen molar-refractivity contribution in [3.05, 3.63) is 70.3 Å². The zero-order chi connectivity index (χ0) is 18.4. The number of fused-ring (bicyclic) bond motifs is 2. The number of carboxylic acids is 1. The summed E-state index contributed by atoms with van der Waals surface area (Å²) in [5.41, 5.74) is 6.64. The zero-order valence-corrected chi connectivity index (χ0v) is 14.2. The summed E-state index contributed by atoms with van der Waals surface area (Å²) >= 11 is 1.17. The van der Waals surface area contributed by atoms with Crippen molar-refractivity contribution in [2.24, 2.45) is 11.7 Å². The second kappa shape index (κ2) is 6.03. The molecule has 0 saturated heterocycles. The minimum atomic E-state index is -1.31. The summed E-state index contributed by atoms with van der Waals surface area (Å²) in [6, 6.07) is 13.0. The Morgan fingerprint density at radius 3 is 2.62 bits per heavy atom. The second-order valence-corrected chi connectivity index (χ2v) is 7.22. The molecule has 2 aromatic rings. The Balaban J connectivity index is 1.76. The summed E-state index contributed by atoms with van der Waals surface area (Å²) in [5, 5.41) is 13.0. The number of benzene rings is 2. The fraction of sp³-hybridized carbons (Fsp3) is 0.105. The van der Waals surface area contributed by atoms with Crippen LogP contribution in [0.4, 0.5) is 0 Å². The number of hydrogen-bond acceptors (Lipinski definition) is 5. The van der Waals surface area contributed by atoms with Crippen LogP contribution in [0.3, 0.4) is 0 Å². The molecule has 0 aromatic heterocycles. The highest BCUT2D eigenvalue weighted by Gasteiger charge is 2.42. The third kappa shape index (κ3) is 2.48. The van der Waals surface area contributed by atoms with Crippen LogP contribution in [0.2, 0.25) is 0 Å². The summed E-state index contributed by atoms with van der Waals surface area (Å²) in [4.78, 5) is 36.5. The molecule has 0 radical (unpaired) electrons. The Kier molecular flexibility index (Phi) is 3.81. The first-order valence-electron chi connectivity index (χ1n) is 7.92. The number of nitrogens with two attached hydrogens (primary N) is 1. The van der Waals surface area contributed by atoms with E-state index < -0.39 is 23.2 Å². The second-order valence-electron chi connectivity index (χ2n) is 6.06. The Labute approximate surface area is 152 Å². The summed E-state index contributed by atoms with van der Waals surface area (Å²) in [7, 11) is 0. The molecule has 2 unspecified atom stereocenters. The summed E-state index contributed by atoms with van der Waals surface area (Å²) in [6.45, 7) is 0. The van der Waals surface area contributed by atoms with E-state index in [0.29, 0.717) is 10.5 Å². The Hall–Kier alpha value is -3.06. The number of thioether (sulfide) groups is 1. The molecule has 4 N–H and O–H groups in total. The van der Waals surface area contributed by atoms with Crippen LogP contribution < -0.4 is 11.1 Å². The molecule has 1 amide bonds. The van der Waals surface area contributed by atoms with Crippen LogP contribution in [-0.4, -0.2) is 28.1 Å². The van der Waals surface area contributed by atoms with Gasteiger partial charge in [-0.3, -0.25) is 9.59 Å². The molecular formula is C19H14N2O4S. The van der Waals surface area contributed by atoms with E-state index in [4.69, 9.17) is 10.8 Å². The first-order chi connectivity index (χ1) is 12.5. The molecule has 0 bridgehead atoms. The normalized spacial score (nSPS) is 22.0. The average molecular weight is 366 g/mol. The monoisotopic (exact) mass is 366 g/mol. The SMILES string of the molecule is NC1=C(C(=O)c2cccc3ccccc23)SC2NC(=O)C(C(=O)O)=CC12. The number of Topliss-reactive ketones (excluding diaryl/α,β-unsaturated/α-hetero) is 1. The fourth-order valence-electron chi connectivity index (χ4n) is 3.24. The number of hydrogen-bond donors (Lipinski definition) is 3. The van der Waals surface area contributed by atoms with Gasteiger partial charge in [-0.1, -0.05) is 60.3 Å². The third-order valence-corrected chi connectivity index (χ3v) is 5.85. The fourth-order valence-corrected chi connectivity index (χ4v) is 4.52. The number of nitrogens with one attached hydrogen (secondary N) is 1. The number of carboxylic acid groups (broad SMARTS) is 1. The number of aliphatic carboxylic acids is 1. The van der Waals surface area contributed by atoms with Crippen LogP contribution in [0.5, 0.6) is 0 Å². The highest BCUT2D eigenvalue weighted by atomic mass is 32.2. The molecule has 130 valence electrons. The number of rotatable bonds is 3. The Morgan fingerprint density at radius 2 is 1.85 bits per heavy atom. The molecule has 2 heterocycles. The molecule has 4 rings (SSSR count). The highest BCUT2D eigenvalue weighted by Crippen LogP contribution is 2.43. The van der Waals surface area contributed by atoms with Gasteiger partial charge < -0.3 is 16.2 Å². The molecule has 2 atom stereocenters. The number of amides is 1. The molecule has 2 aromatic carbocycles. The number of allylic oxidation sites excluding steroid dienone is 1. The van der Waals surface area contributed by atoms with Crippen LogP contribution in [0.1, 0.15) is 10.4 Å². The number of carbonyl (C=O) groups excluding carboxylic acids is 2. The van der Waals surface area contributed by atoms with Gasteiger partial charge in [0.2, 0.25) is 5.78 Å². The smallest absolute Gasteiger partial charge is 0.341 e. The van der Waals surface area contributed by atoms with E-state index in [1.165, 1.54) is 17.8 Å². The number of carbonyl (C=O) groups is 3. The van der Waals surface area contributed by atoms with E-state index in [0.717, 1.165) is 10.8 Å². The topological polar surface area (TPSA) is 109 Å². The van der Waals surface area contributed by atoms with Crippen molar-refractivity contribution >= 4 is 40.2 Å². The van der Waals surface area contributed by atoms with E-state index in [-0.39, 0.29) is 17.1 Å². The van der Waals surface area contributed by atoms with Crippen LogP contribution in [0.15, 0.2) is 64.7 Å².